The van der Waals surface area contributed by atoms with Gasteiger partial charge >= 0.3 is 0 Å². The molecule has 4 nitrogen and oxygen atoms in total. The molecule has 1 rings (SSSR count). The van der Waals surface area contributed by atoms with Gasteiger partial charge in [0.05, 0.1) is 5.69 Å². The smallest absolute Gasteiger partial charge is 0.271 e. The Balaban J connectivity index is 3.39. The van der Waals surface area contributed by atoms with Crippen molar-refractivity contribution >= 4 is 15.9 Å². The van der Waals surface area contributed by atoms with Crippen LogP contribution in [0, 0.1) is 0 Å². The van der Waals surface area contributed by atoms with Crippen LogP contribution < -0.4 is 9.86 Å². The molecule has 96 valence electrons. The largest absolute Gasteiger partial charge is 0.296 e. The number of para-hydroxylation sites is 1. The SMILES string of the molecule is CC(C)c1cccc(C(C)C)c1NS(N)(=O)=O. The minimum absolute atomic E-state index is 0.234. The van der Waals surface area contributed by atoms with Crippen molar-refractivity contribution in [2.75, 3.05) is 4.72 Å². The van der Waals surface area contributed by atoms with E-state index in [1.807, 2.05) is 45.9 Å². The second-order valence-electron chi connectivity index (χ2n) is 4.77. The van der Waals surface area contributed by atoms with Gasteiger partial charge < -0.3 is 0 Å². The van der Waals surface area contributed by atoms with E-state index in [-0.39, 0.29) is 11.8 Å². The molecule has 0 aliphatic heterocycles. The molecular formula is C12H20N2O2S. The number of hydrogen-bond donors (Lipinski definition) is 2. The van der Waals surface area contributed by atoms with Crippen LogP contribution in [0.3, 0.4) is 0 Å². The van der Waals surface area contributed by atoms with Crippen LogP contribution in [0.15, 0.2) is 18.2 Å². The molecule has 1 aromatic carbocycles. The quantitative estimate of drug-likeness (QED) is 0.869. The standard InChI is InChI=1S/C12H20N2O2S/c1-8(2)10-6-5-7-11(9(3)4)12(10)14-17(13,15)16/h5-9,14H,1-4H3,(H2,13,15,16). The van der Waals surface area contributed by atoms with E-state index in [2.05, 4.69) is 4.72 Å². The molecule has 0 amide bonds. The summed E-state index contributed by atoms with van der Waals surface area (Å²) in [6, 6.07) is 5.78. The number of hydrogen-bond acceptors (Lipinski definition) is 2. The highest BCUT2D eigenvalue weighted by Gasteiger charge is 2.16. The third-order valence-electron chi connectivity index (χ3n) is 2.62. The first-order valence-corrected chi connectivity index (χ1v) is 7.20. The van der Waals surface area contributed by atoms with E-state index >= 15 is 0 Å². The Labute approximate surface area is 103 Å². The van der Waals surface area contributed by atoms with Gasteiger partial charge in [-0.05, 0) is 23.0 Å². The molecule has 0 saturated heterocycles. The maximum atomic E-state index is 11.2. The van der Waals surface area contributed by atoms with Crippen LogP contribution in [0.2, 0.25) is 0 Å². The van der Waals surface area contributed by atoms with Crippen molar-refractivity contribution in [3.05, 3.63) is 29.3 Å². The highest BCUT2D eigenvalue weighted by Crippen LogP contribution is 2.32. The molecule has 0 atom stereocenters. The molecule has 0 aliphatic carbocycles. The zero-order chi connectivity index (χ0) is 13.2. The van der Waals surface area contributed by atoms with Gasteiger partial charge in [0, 0.05) is 0 Å². The summed E-state index contributed by atoms with van der Waals surface area (Å²) in [6.07, 6.45) is 0. The molecule has 0 aromatic heterocycles. The van der Waals surface area contributed by atoms with E-state index in [0.717, 1.165) is 11.1 Å². The molecule has 0 spiro atoms. The van der Waals surface area contributed by atoms with E-state index in [4.69, 9.17) is 5.14 Å². The second kappa shape index (κ2) is 5.06. The Morgan fingerprint density at radius 3 is 1.76 bits per heavy atom. The van der Waals surface area contributed by atoms with Crippen molar-refractivity contribution in [3.8, 4) is 0 Å². The summed E-state index contributed by atoms with van der Waals surface area (Å²) in [7, 11) is -3.74. The highest BCUT2D eigenvalue weighted by atomic mass is 32.2. The number of benzene rings is 1. The lowest BCUT2D eigenvalue weighted by molar-refractivity contribution is 0.602. The van der Waals surface area contributed by atoms with Crippen LogP contribution in [-0.2, 0) is 10.2 Å². The summed E-state index contributed by atoms with van der Waals surface area (Å²) in [5.74, 6) is 0.468. The molecule has 0 heterocycles. The Bertz CT molecular complexity index is 467. The van der Waals surface area contributed by atoms with Gasteiger partial charge in [0.1, 0.15) is 0 Å². The molecule has 0 radical (unpaired) electrons. The van der Waals surface area contributed by atoms with Crippen LogP contribution >= 0.6 is 0 Å². The van der Waals surface area contributed by atoms with E-state index in [1.165, 1.54) is 0 Å². The molecule has 0 bridgehead atoms. The van der Waals surface area contributed by atoms with Crippen molar-refractivity contribution in [1.29, 1.82) is 0 Å². The Morgan fingerprint density at radius 1 is 1.06 bits per heavy atom. The van der Waals surface area contributed by atoms with Gasteiger partial charge in [-0.3, -0.25) is 4.72 Å². The van der Waals surface area contributed by atoms with Crippen LogP contribution in [0.1, 0.15) is 50.7 Å². The molecule has 3 N–H and O–H groups in total. The second-order valence-corrected chi connectivity index (χ2v) is 6.06. The summed E-state index contributed by atoms with van der Waals surface area (Å²) in [5.41, 5.74) is 2.55. The van der Waals surface area contributed by atoms with E-state index in [1.54, 1.807) is 0 Å². The Morgan fingerprint density at radius 2 is 1.47 bits per heavy atom. The van der Waals surface area contributed by atoms with Gasteiger partial charge in [-0.2, -0.15) is 8.42 Å². The van der Waals surface area contributed by atoms with E-state index in [0.29, 0.717) is 5.69 Å². The molecule has 0 unspecified atom stereocenters. The van der Waals surface area contributed by atoms with Gasteiger partial charge in [-0.25, -0.2) is 5.14 Å². The molecule has 5 heteroatoms. The van der Waals surface area contributed by atoms with E-state index in [9.17, 15) is 8.42 Å². The fraction of sp³-hybridized carbons (Fsp3) is 0.500. The maximum Gasteiger partial charge on any atom is 0.296 e. The Hall–Kier alpha value is -1.07. The number of rotatable bonds is 4. The van der Waals surface area contributed by atoms with E-state index < -0.39 is 10.2 Å². The minimum atomic E-state index is -3.74. The van der Waals surface area contributed by atoms with Gasteiger partial charge in [0.2, 0.25) is 0 Å². The first-order valence-electron chi connectivity index (χ1n) is 5.65. The molecule has 17 heavy (non-hydrogen) atoms. The number of nitrogens with two attached hydrogens (primary N) is 1. The van der Waals surface area contributed by atoms with Crippen molar-refractivity contribution < 1.29 is 8.42 Å². The first kappa shape index (κ1) is 14.0. The van der Waals surface area contributed by atoms with Gasteiger partial charge in [-0.15, -0.1) is 0 Å². The predicted octanol–water partition coefficient (Wildman–Crippen LogP) is 2.55. The van der Waals surface area contributed by atoms with Gasteiger partial charge in [-0.1, -0.05) is 45.9 Å². The van der Waals surface area contributed by atoms with Crippen molar-refractivity contribution in [1.82, 2.24) is 0 Å². The summed E-state index contributed by atoms with van der Waals surface area (Å²) < 4.78 is 24.9. The Kier molecular flexibility index (Phi) is 4.16. The van der Waals surface area contributed by atoms with Crippen LogP contribution in [0.4, 0.5) is 5.69 Å². The molecule has 0 saturated carbocycles. The fourth-order valence-corrected chi connectivity index (χ4v) is 2.33. The summed E-state index contributed by atoms with van der Waals surface area (Å²) in [5, 5.41) is 5.07. The normalized spacial score (nSPS) is 12.2. The predicted molar refractivity (Wildman–Crippen MR) is 71.3 cm³/mol. The lowest BCUT2D eigenvalue weighted by atomic mass is 9.93. The summed E-state index contributed by atoms with van der Waals surface area (Å²) in [6.45, 7) is 8.09. The zero-order valence-electron chi connectivity index (χ0n) is 10.7. The van der Waals surface area contributed by atoms with Crippen molar-refractivity contribution in [2.45, 2.75) is 39.5 Å². The number of nitrogens with one attached hydrogen (secondary N) is 1. The topological polar surface area (TPSA) is 72.2 Å². The van der Waals surface area contributed by atoms with Crippen molar-refractivity contribution in [2.24, 2.45) is 5.14 Å². The molecule has 0 fully saturated rings. The lowest BCUT2D eigenvalue weighted by Gasteiger charge is -2.19. The molecule has 1 aromatic rings. The molecular weight excluding hydrogens is 236 g/mol. The zero-order valence-corrected chi connectivity index (χ0v) is 11.5. The minimum Gasteiger partial charge on any atom is -0.271 e. The highest BCUT2D eigenvalue weighted by molar-refractivity contribution is 7.90. The molecule has 0 aliphatic rings. The number of anilines is 1. The summed E-state index contributed by atoms with van der Waals surface area (Å²) >= 11 is 0. The van der Waals surface area contributed by atoms with Crippen molar-refractivity contribution in [3.63, 3.8) is 0 Å². The third-order valence-corrected chi connectivity index (χ3v) is 3.11. The summed E-state index contributed by atoms with van der Waals surface area (Å²) in [4.78, 5) is 0. The van der Waals surface area contributed by atoms with Crippen LogP contribution in [-0.4, -0.2) is 8.42 Å². The average molecular weight is 256 g/mol. The van der Waals surface area contributed by atoms with Crippen LogP contribution in [0.5, 0.6) is 0 Å². The monoisotopic (exact) mass is 256 g/mol. The van der Waals surface area contributed by atoms with Gasteiger partial charge in [0.25, 0.3) is 10.2 Å². The fourth-order valence-electron chi connectivity index (χ4n) is 1.81. The first-order chi connectivity index (χ1) is 7.72. The van der Waals surface area contributed by atoms with Gasteiger partial charge in [0.15, 0.2) is 0 Å². The lowest BCUT2D eigenvalue weighted by Crippen LogP contribution is -2.23. The maximum absolute atomic E-state index is 11.2. The van der Waals surface area contributed by atoms with Crippen LogP contribution in [0.25, 0.3) is 0 Å². The third kappa shape index (κ3) is 3.71. The average Bonchev–Trinajstić information content (AvgIpc) is 2.14.